The molecule has 2 N–H and O–H groups in total. The van der Waals surface area contributed by atoms with Gasteiger partial charge < -0.3 is 10.2 Å². The minimum Gasteiger partial charge on any atom is -0.507 e. The molecule has 0 amide bonds. The topological polar surface area (TPSA) is 40.5 Å². The zero-order valence-corrected chi connectivity index (χ0v) is 7.54. The molecular formula is C11H12O2. The lowest BCUT2D eigenvalue weighted by Crippen LogP contribution is -1.80. The van der Waals surface area contributed by atoms with Crippen molar-refractivity contribution >= 4 is 0 Å². The summed E-state index contributed by atoms with van der Waals surface area (Å²) in [6.45, 7) is 1.96. The maximum atomic E-state index is 9.43. The quantitative estimate of drug-likeness (QED) is 0.635. The average Bonchev–Trinajstić information content (AvgIpc) is 2.09. The molecule has 0 aromatic heterocycles. The highest BCUT2D eigenvalue weighted by atomic mass is 16.3. The van der Waals surface area contributed by atoms with Gasteiger partial charge in [-0.3, -0.25) is 0 Å². The summed E-state index contributed by atoms with van der Waals surface area (Å²) in [5, 5.41) is 17.9. The molecule has 2 nitrogen and oxygen atoms in total. The van der Waals surface area contributed by atoms with Gasteiger partial charge in [0.2, 0.25) is 0 Å². The third kappa shape index (κ3) is 2.81. The predicted molar refractivity (Wildman–Crippen MR) is 51.4 cm³/mol. The van der Waals surface area contributed by atoms with Crippen LogP contribution in [0.3, 0.4) is 0 Å². The van der Waals surface area contributed by atoms with Gasteiger partial charge in [0, 0.05) is 6.42 Å². The molecule has 0 unspecified atom stereocenters. The fraction of sp³-hybridized carbons (Fsp3) is 0.273. The smallest absolute Gasteiger partial charge is 0.131 e. The van der Waals surface area contributed by atoms with E-state index < -0.39 is 0 Å². The van der Waals surface area contributed by atoms with Gasteiger partial charge in [-0.15, -0.1) is 0 Å². The number of aryl methyl sites for hydroxylation is 1. The highest BCUT2D eigenvalue weighted by Crippen LogP contribution is 2.16. The van der Waals surface area contributed by atoms with E-state index in [0.717, 1.165) is 5.56 Å². The zero-order valence-electron chi connectivity index (χ0n) is 7.54. The molecule has 0 saturated heterocycles. The summed E-state index contributed by atoms with van der Waals surface area (Å²) in [4.78, 5) is 0. The second kappa shape index (κ2) is 4.54. The first-order valence-corrected chi connectivity index (χ1v) is 4.13. The summed E-state index contributed by atoms with van der Waals surface area (Å²) >= 11 is 0. The second-order valence-corrected chi connectivity index (χ2v) is 2.80. The SMILES string of the molecule is Cc1ccc(C#CCCO)c(O)c1. The Bertz CT molecular complexity index is 345. The van der Waals surface area contributed by atoms with Crippen molar-refractivity contribution in [3.63, 3.8) is 0 Å². The molecule has 1 rings (SSSR count). The Hall–Kier alpha value is -1.46. The number of benzene rings is 1. The minimum absolute atomic E-state index is 0.0552. The van der Waals surface area contributed by atoms with Gasteiger partial charge in [-0.1, -0.05) is 17.9 Å². The summed E-state index contributed by atoms with van der Waals surface area (Å²) in [5.41, 5.74) is 1.62. The van der Waals surface area contributed by atoms with Gasteiger partial charge in [-0.2, -0.15) is 0 Å². The van der Waals surface area contributed by atoms with E-state index in [0.29, 0.717) is 12.0 Å². The lowest BCUT2D eigenvalue weighted by molar-refractivity contribution is 0.305. The number of phenols is 1. The molecule has 0 fully saturated rings. The number of hydrogen-bond donors (Lipinski definition) is 2. The van der Waals surface area contributed by atoms with Gasteiger partial charge in [0.25, 0.3) is 0 Å². The fourth-order valence-corrected chi connectivity index (χ4v) is 0.961. The van der Waals surface area contributed by atoms with E-state index in [9.17, 15) is 5.11 Å². The first-order chi connectivity index (χ1) is 6.24. The number of phenolic OH excluding ortho intramolecular Hbond substituents is 1. The van der Waals surface area contributed by atoms with Crippen LogP contribution in [-0.4, -0.2) is 16.8 Å². The van der Waals surface area contributed by atoms with E-state index in [4.69, 9.17) is 5.11 Å². The number of hydrogen-bond acceptors (Lipinski definition) is 2. The molecule has 0 bridgehead atoms. The standard InChI is InChI=1S/C11H12O2/c1-9-5-6-10(11(13)8-9)4-2-3-7-12/h5-6,8,12-13H,3,7H2,1H3. The minimum atomic E-state index is 0.0552. The lowest BCUT2D eigenvalue weighted by atomic mass is 10.1. The molecule has 2 heteroatoms. The molecule has 1 aromatic carbocycles. The molecule has 0 saturated carbocycles. The summed E-state index contributed by atoms with van der Waals surface area (Å²) in [6.07, 6.45) is 0.438. The summed E-state index contributed by atoms with van der Waals surface area (Å²) in [6, 6.07) is 5.33. The largest absolute Gasteiger partial charge is 0.507 e. The Morgan fingerprint density at radius 3 is 2.77 bits per heavy atom. The Balaban J connectivity index is 2.85. The first-order valence-electron chi connectivity index (χ1n) is 4.13. The van der Waals surface area contributed by atoms with Crippen LogP contribution in [-0.2, 0) is 0 Å². The van der Waals surface area contributed by atoms with E-state index in [2.05, 4.69) is 11.8 Å². The van der Waals surface area contributed by atoms with E-state index in [1.54, 1.807) is 12.1 Å². The van der Waals surface area contributed by atoms with Gasteiger partial charge in [0.05, 0.1) is 12.2 Å². The number of aromatic hydroxyl groups is 1. The van der Waals surface area contributed by atoms with Crippen molar-refractivity contribution in [1.29, 1.82) is 0 Å². The van der Waals surface area contributed by atoms with Crippen molar-refractivity contribution in [2.75, 3.05) is 6.61 Å². The van der Waals surface area contributed by atoms with E-state index in [1.807, 2.05) is 13.0 Å². The van der Waals surface area contributed by atoms with Crippen LogP contribution in [0.15, 0.2) is 18.2 Å². The fourth-order valence-electron chi connectivity index (χ4n) is 0.961. The molecule has 0 radical (unpaired) electrons. The molecule has 0 atom stereocenters. The number of rotatable bonds is 1. The number of aliphatic hydroxyl groups is 1. The maximum absolute atomic E-state index is 9.43. The molecule has 1 aromatic rings. The van der Waals surface area contributed by atoms with E-state index >= 15 is 0 Å². The van der Waals surface area contributed by atoms with Crippen LogP contribution < -0.4 is 0 Å². The second-order valence-electron chi connectivity index (χ2n) is 2.80. The first kappa shape index (κ1) is 9.63. The average molecular weight is 176 g/mol. The van der Waals surface area contributed by atoms with Crippen molar-refractivity contribution in [1.82, 2.24) is 0 Å². The normalized spacial score (nSPS) is 9.08. The molecule has 0 aliphatic heterocycles. The van der Waals surface area contributed by atoms with Crippen LogP contribution in [0.5, 0.6) is 5.75 Å². The molecule has 0 aliphatic carbocycles. The van der Waals surface area contributed by atoms with Gasteiger partial charge in [0.1, 0.15) is 5.75 Å². The Labute approximate surface area is 77.8 Å². The molecule has 68 valence electrons. The lowest BCUT2D eigenvalue weighted by Gasteiger charge is -1.97. The Morgan fingerprint density at radius 1 is 1.38 bits per heavy atom. The van der Waals surface area contributed by atoms with Crippen molar-refractivity contribution in [3.8, 4) is 17.6 Å². The maximum Gasteiger partial charge on any atom is 0.131 e. The monoisotopic (exact) mass is 176 g/mol. The molecular weight excluding hydrogens is 164 g/mol. The highest BCUT2D eigenvalue weighted by Gasteiger charge is 1.95. The summed E-state index contributed by atoms with van der Waals surface area (Å²) in [5.74, 6) is 5.73. The van der Waals surface area contributed by atoms with Crippen LogP contribution in [0.1, 0.15) is 17.5 Å². The third-order valence-corrected chi connectivity index (χ3v) is 1.61. The Morgan fingerprint density at radius 2 is 2.15 bits per heavy atom. The number of aliphatic hydroxyl groups excluding tert-OH is 1. The van der Waals surface area contributed by atoms with Gasteiger partial charge in [-0.25, -0.2) is 0 Å². The molecule has 0 heterocycles. The van der Waals surface area contributed by atoms with Gasteiger partial charge in [0.15, 0.2) is 0 Å². The summed E-state index contributed by atoms with van der Waals surface area (Å²) < 4.78 is 0. The van der Waals surface area contributed by atoms with E-state index in [-0.39, 0.29) is 12.4 Å². The Kier molecular flexibility index (Phi) is 3.36. The van der Waals surface area contributed by atoms with Crippen molar-refractivity contribution in [3.05, 3.63) is 29.3 Å². The van der Waals surface area contributed by atoms with E-state index in [1.165, 1.54) is 0 Å². The third-order valence-electron chi connectivity index (χ3n) is 1.61. The zero-order chi connectivity index (χ0) is 9.68. The van der Waals surface area contributed by atoms with Crippen LogP contribution in [0.4, 0.5) is 0 Å². The molecule has 0 spiro atoms. The van der Waals surface area contributed by atoms with Crippen LogP contribution >= 0.6 is 0 Å². The van der Waals surface area contributed by atoms with Crippen LogP contribution in [0.2, 0.25) is 0 Å². The molecule has 0 aliphatic rings. The highest BCUT2D eigenvalue weighted by molar-refractivity contribution is 5.46. The van der Waals surface area contributed by atoms with Crippen molar-refractivity contribution < 1.29 is 10.2 Å². The summed E-state index contributed by atoms with van der Waals surface area (Å²) in [7, 11) is 0. The molecule has 13 heavy (non-hydrogen) atoms. The van der Waals surface area contributed by atoms with Gasteiger partial charge >= 0.3 is 0 Å². The van der Waals surface area contributed by atoms with Crippen LogP contribution in [0, 0.1) is 18.8 Å². The van der Waals surface area contributed by atoms with Crippen molar-refractivity contribution in [2.24, 2.45) is 0 Å². The van der Waals surface area contributed by atoms with Crippen molar-refractivity contribution in [2.45, 2.75) is 13.3 Å². The predicted octanol–water partition coefficient (Wildman–Crippen LogP) is 1.43. The van der Waals surface area contributed by atoms with Gasteiger partial charge in [-0.05, 0) is 24.6 Å². The van der Waals surface area contributed by atoms with Crippen LogP contribution in [0.25, 0.3) is 0 Å².